The molecule has 0 saturated carbocycles. The fraction of sp³-hybridized carbons (Fsp3) is 1.00. The molecule has 0 unspecified atom stereocenters. The maximum absolute atomic E-state index is 8.00. The van der Waals surface area contributed by atoms with E-state index >= 15 is 0 Å². The smallest absolute Gasteiger partial charge is 0 e. The molecule has 16 heavy (non-hydrogen) atoms. The van der Waals surface area contributed by atoms with E-state index in [4.69, 9.17) is 45.7 Å². The van der Waals surface area contributed by atoms with Gasteiger partial charge in [0.25, 0.3) is 0 Å². The molecule has 0 saturated heterocycles. The quantitative estimate of drug-likeness (QED) is 0.450. The van der Waals surface area contributed by atoms with E-state index in [0.717, 1.165) is 0 Å². The Bertz CT molecular complexity index is 29.8. The van der Waals surface area contributed by atoms with Crippen LogP contribution in [0.5, 0.6) is 0 Å². The van der Waals surface area contributed by atoms with Crippen molar-refractivity contribution in [3.63, 3.8) is 0 Å². The molecule has 110 valence electrons. The molecular formula is C5H13F11. The summed E-state index contributed by atoms with van der Waals surface area (Å²) in [7, 11) is 0. The Labute approximate surface area is 84.9 Å². The van der Waals surface area contributed by atoms with Gasteiger partial charge >= 0.3 is 0 Å². The summed E-state index contributed by atoms with van der Waals surface area (Å²) in [6.07, 6.45) is 0. The Balaban J connectivity index is -0.0000000130. The molecule has 0 nitrogen and oxygen atoms in total. The van der Waals surface area contributed by atoms with Crippen LogP contribution in [0.15, 0.2) is 0 Å². The fourth-order valence-corrected chi connectivity index (χ4v) is 0. The second-order valence-electron chi connectivity index (χ2n) is 3.00. The first-order valence-corrected chi connectivity index (χ1v) is 2.71. The Morgan fingerprint density at radius 2 is 0.438 bits per heavy atom. The lowest BCUT2D eigenvalue weighted by molar-refractivity contribution is 0.108. The van der Waals surface area contributed by atoms with Crippen molar-refractivity contribution in [3.05, 3.63) is 0 Å². The summed E-state index contributed by atoms with van der Waals surface area (Å²) in [4.78, 5) is 0. The normalized spacial score (nSPS) is 5.62. The van der Waals surface area contributed by atoms with Gasteiger partial charge in [-0.1, -0.05) is 27.7 Å². The largest absolute Gasteiger partial charge is 0.269 e. The van der Waals surface area contributed by atoms with Crippen LogP contribution in [0.25, 0.3) is 0 Å². The molecule has 0 aliphatic carbocycles. The van der Waals surface area contributed by atoms with Crippen LogP contribution < -0.4 is 0 Å². The molecule has 0 amide bonds. The SMILES string of the molecule is CC(C)(C)C.F.FF.FF.FF.FF.FF. The second-order valence-corrected chi connectivity index (χ2v) is 3.00. The van der Waals surface area contributed by atoms with Gasteiger partial charge in [0.2, 0.25) is 0 Å². The molecule has 0 aliphatic rings. The monoisotopic (exact) mass is 282 g/mol. The zero-order valence-corrected chi connectivity index (χ0v) is 8.69. The number of hydrogen-bond donors (Lipinski definition) is 0. The van der Waals surface area contributed by atoms with E-state index in [-0.39, 0.29) is 4.70 Å². The van der Waals surface area contributed by atoms with Crippen LogP contribution in [0, 0.1) is 5.41 Å². The summed E-state index contributed by atoms with van der Waals surface area (Å²) >= 11 is 0. The third kappa shape index (κ3) is 3340. The molecular weight excluding hydrogens is 269 g/mol. The highest BCUT2D eigenvalue weighted by molar-refractivity contribution is 4.47. The molecule has 0 radical (unpaired) electrons. The molecule has 0 aromatic carbocycles. The van der Waals surface area contributed by atoms with E-state index in [0.29, 0.717) is 5.41 Å². The van der Waals surface area contributed by atoms with Crippen LogP contribution in [-0.4, -0.2) is 0 Å². The van der Waals surface area contributed by atoms with E-state index in [1.165, 1.54) is 0 Å². The minimum absolute atomic E-state index is 0. The molecule has 0 spiro atoms. The van der Waals surface area contributed by atoms with Crippen molar-refractivity contribution in [2.24, 2.45) is 5.41 Å². The first-order valence-electron chi connectivity index (χ1n) is 2.71. The predicted molar refractivity (Wildman–Crippen MR) is 38.7 cm³/mol. The summed E-state index contributed by atoms with van der Waals surface area (Å²) < 4.78 is 80.0. The summed E-state index contributed by atoms with van der Waals surface area (Å²) in [5.41, 5.74) is 0.500. The van der Waals surface area contributed by atoms with E-state index in [1.54, 1.807) is 0 Å². The van der Waals surface area contributed by atoms with Gasteiger partial charge in [-0.3, -0.25) is 4.70 Å². The van der Waals surface area contributed by atoms with Crippen molar-refractivity contribution in [1.82, 2.24) is 0 Å². The van der Waals surface area contributed by atoms with E-state index in [9.17, 15) is 0 Å². The minimum atomic E-state index is 0. The molecule has 0 bridgehead atoms. The highest BCUT2D eigenvalue weighted by Crippen LogP contribution is 2.07. The summed E-state index contributed by atoms with van der Waals surface area (Å²) in [6, 6.07) is 0. The summed E-state index contributed by atoms with van der Waals surface area (Å²) in [5, 5.41) is 0. The van der Waals surface area contributed by atoms with Crippen LogP contribution in [0.1, 0.15) is 27.7 Å². The Morgan fingerprint density at radius 3 is 0.438 bits per heavy atom. The van der Waals surface area contributed by atoms with Gasteiger partial charge in [-0.2, -0.15) is 0 Å². The zero-order chi connectivity index (χ0) is 14.5. The maximum Gasteiger partial charge on any atom is 0 e. The lowest BCUT2D eigenvalue weighted by Gasteiger charge is -2.05. The van der Waals surface area contributed by atoms with Gasteiger partial charge in [0.1, 0.15) is 0 Å². The third-order valence-electron chi connectivity index (χ3n) is 0. The number of rotatable bonds is 0. The van der Waals surface area contributed by atoms with Gasteiger partial charge in [-0.25, -0.2) is 0 Å². The molecule has 11 heteroatoms. The lowest BCUT2D eigenvalue weighted by atomic mass is 10.0. The van der Waals surface area contributed by atoms with Crippen LogP contribution in [0.2, 0.25) is 0 Å². The average molecular weight is 282 g/mol. The van der Waals surface area contributed by atoms with Gasteiger partial charge in [-0.15, -0.1) is 0 Å². The van der Waals surface area contributed by atoms with Gasteiger partial charge in [0.05, 0.1) is 0 Å². The van der Waals surface area contributed by atoms with Crippen molar-refractivity contribution in [2.45, 2.75) is 27.7 Å². The molecule has 0 N–H and O–H groups in total. The van der Waals surface area contributed by atoms with Crippen LogP contribution in [-0.2, 0) is 0 Å². The standard InChI is InChI=1S/C5H12.5F2.FH/c1-5(2,3)4;5*1-2;/h1-4H3;;;;;;1H. The molecule has 0 aromatic heterocycles. The topological polar surface area (TPSA) is 0 Å². The fourth-order valence-electron chi connectivity index (χ4n) is 0. The first kappa shape index (κ1) is 45.5. The molecule has 0 fully saturated rings. The number of halogens is 11. The first-order chi connectivity index (χ1) is 7.00. The summed E-state index contributed by atoms with van der Waals surface area (Å²) in [5.74, 6) is 0. The molecule has 0 atom stereocenters. The van der Waals surface area contributed by atoms with Crippen molar-refractivity contribution in [1.29, 1.82) is 0 Å². The second kappa shape index (κ2) is 91.1. The third-order valence-corrected chi connectivity index (χ3v) is 0. The highest BCUT2D eigenvalue weighted by atomic mass is 20.0. The van der Waals surface area contributed by atoms with Crippen molar-refractivity contribution in [3.8, 4) is 0 Å². The maximum atomic E-state index is 8.00. The molecule has 0 aromatic rings. The van der Waals surface area contributed by atoms with Crippen molar-refractivity contribution in [2.75, 3.05) is 0 Å². The Hall–Kier alpha value is -0.770. The van der Waals surface area contributed by atoms with E-state index in [2.05, 4.69) is 27.7 Å². The highest BCUT2D eigenvalue weighted by Gasteiger charge is 1.95. The average Bonchev–Trinajstić information content (AvgIpc) is 2.29. The molecule has 0 aliphatic heterocycles. The van der Waals surface area contributed by atoms with Gasteiger partial charge < -0.3 is 0 Å². The Morgan fingerprint density at radius 1 is 0.438 bits per heavy atom. The molecule has 0 heterocycles. The van der Waals surface area contributed by atoms with Crippen molar-refractivity contribution >= 4 is 0 Å². The van der Waals surface area contributed by atoms with Crippen LogP contribution in [0.4, 0.5) is 50.4 Å². The van der Waals surface area contributed by atoms with Crippen LogP contribution >= 0.6 is 0 Å². The van der Waals surface area contributed by atoms with Gasteiger partial charge in [0.15, 0.2) is 0 Å². The summed E-state index contributed by atoms with van der Waals surface area (Å²) in [6.45, 7) is 8.75. The zero-order valence-electron chi connectivity index (χ0n) is 8.69. The number of hydrogen-bond acceptors (Lipinski definition) is 0. The van der Waals surface area contributed by atoms with Crippen LogP contribution in [0.3, 0.4) is 0 Å². The van der Waals surface area contributed by atoms with E-state index in [1.807, 2.05) is 0 Å². The van der Waals surface area contributed by atoms with Crippen molar-refractivity contribution < 1.29 is 50.4 Å². The Kier molecular flexibility index (Phi) is 259. The lowest BCUT2D eigenvalue weighted by Crippen LogP contribution is -1.93. The molecule has 0 rings (SSSR count). The predicted octanol–water partition coefficient (Wildman–Crippen LogP) is 6.41. The van der Waals surface area contributed by atoms with Gasteiger partial charge in [0, 0.05) is 45.7 Å². The minimum Gasteiger partial charge on any atom is -0.269 e. The van der Waals surface area contributed by atoms with E-state index < -0.39 is 0 Å². The van der Waals surface area contributed by atoms with Gasteiger partial charge in [-0.05, 0) is 5.41 Å².